The fraction of sp³-hybridized carbons (Fsp3) is 0.923. The molecule has 0 spiro atoms. The molecule has 0 bridgehead atoms. The molecule has 102 valence electrons. The minimum atomic E-state index is -0.141. The topological polar surface area (TPSA) is 61.5 Å². The predicted molar refractivity (Wildman–Crippen MR) is 68.7 cm³/mol. The zero-order chi connectivity index (χ0) is 13.1. The summed E-state index contributed by atoms with van der Waals surface area (Å²) in [4.78, 5) is 11.5. The van der Waals surface area contributed by atoms with E-state index in [4.69, 9.17) is 15.2 Å². The molecule has 0 radical (unpaired) electrons. The number of hydrogen-bond acceptors (Lipinski definition) is 4. The quantitative estimate of drug-likeness (QED) is 0.472. The first-order valence-corrected chi connectivity index (χ1v) is 6.53. The van der Waals surface area contributed by atoms with E-state index in [0.717, 1.165) is 12.8 Å². The SMILES string of the molecule is CCOCCCOC(=O)C[C@@H](CN)CC(C)C. The van der Waals surface area contributed by atoms with Gasteiger partial charge in [-0.2, -0.15) is 0 Å². The molecule has 1 atom stereocenters. The first-order chi connectivity index (χ1) is 8.10. The minimum absolute atomic E-state index is 0.141. The monoisotopic (exact) mass is 245 g/mol. The van der Waals surface area contributed by atoms with Crippen LogP contribution in [0.5, 0.6) is 0 Å². The van der Waals surface area contributed by atoms with Crippen LogP contribution in [0.25, 0.3) is 0 Å². The third-order valence-electron chi connectivity index (χ3n) is 2.49. The standard InChI is InChI=1S/C13H27NO3/c1-4-16-6-5-7-17-13(15)9-12(10-14)8-11(2)3/h11-12H,4-10,14H2,1-3H3/t12-/m0/s1. The van der Waals surface area contributed by atoms with Crippen molar-refractivity contribution < 1.29 is 14.3 Å². The second-order valence-electron chi connectivity index (χ2n) is 4.71. The second kappa shape index (κ2) is 10.5. The molecule has 0 aliphatic heterocycles. The van der Waals surface area contributed by atoms with Gasteiger partial charge < -0.3 is 15.2 Å². The van der Waals surface area contributed by atoms with Crippen LogP contribution < -0.4 is 5.73 Å². The first kappa shape index (κ1) is 16.4. The Morgan fingerprint density at radius 2 is 2.00 bits per heavy atom. The maximum atomic E-state index is 11.5. The molecule has 0 aromatic carbocycles. The number of nitrogens with two attached hydrogens (primary N) is 1. The van der Waals surface area contributed by atoms with E-state index in [1.54, 1.807) is 0 Å². The van der Waals surface area contributed by atoms with Crippen molar-refractivity contribution >= 4 is 5.97 Å². The number of rotatable bonds is 10. The van der Waals surface area contributed by atoms with Gasteiger partial charge >= 0.3 is 5.97 Å². The lowest BCUT2D eigenvalue weighted by atomic mass is 9.94. The predicted octanol–water partition coefficient (Wildman–Crippen LogP) is 1.97. The maximum Gasteiger partial charge on any atom is 0.306 e. The van der Waals surface area contributed by atoms with E-state index in [0.29, 0.717) is 38.7 Å². The van der Waals surface area contributed by atoms with E-state index in [1.165, 1.54) is 0 Å². The largest absolute Gasteiger partial charge is 0.466 e. The number of hydrogen-bond donors (Lipinski definition) is 1. The summed E-state index contributed by atoms with van der Waals surface area (Å²) >= 11 is 0. The Balaban J connectivity index is 3.61. The van der Waals surface area contributed by atoms with Crippen molar-refractivity contribution in [3.05, 3.63) is 0 Å². The molecule has 0 aliphatic rings. The summed E-state index contributed by atoms with van der Waals surface area (Å²) in [5.74, 6) is 0.668. The van der Waals surface area contributed by atoms with Crippen LogP contribution in [0.1, 0.15) is 40.0 Å². The van der Waals surface area contributed by atoms with Gasteiger partial charge in [-0.25, -0.2) is 0 Å². The van der Waals surface area contributed by atoms with Gasteiger partial charge in [-0.05, 0) is 31.7 Å². The molecule has 4 nitrogen and oxygen atoms in total. The number of carbonyl (C=O) groups is 1. The van der Waals surface area contributed by atoms with Gasteiger partial charge in [-0.1, -0.05) is 13.8 Å². The van der Waals surface area contributed by atoms with Gasteiger partial charge in [0.05, 0.1) is 6.61 Å². The van der Waals surface area contributed by atoms with Gasteiger partial charge in [0.15, 0.2) is 0 Å². The van der Waals surface area contributed by atoms with Crippen LogP contribution in [0.4, 0.5) is 0 Å². The van der Waals surface area contributed by atoms with Crippen molar-refractivity contribution in [1.29, 1.82) is 0 Å². The third kappa shape index (κ3) is 10.3. The molecule has 0 rings (SSSR count). The first-order valence-electron chi connectivity index (χ1n) is 6.53. The van der Waals surface area contributed by atoms with Crippen molar-refractivity contribution in [1.82, 2.24) is 0 Å². The second-order valence-corrected chi connectivity index (χ2v) is 4.71. The number of carbonyl (C=O) groups excluding carboxylic acids is 1. The van der Waals surface area contributed by atoms with Crippen LogP contribution in [0.2, 0.25) is 0 Å². The van der Waals surface area contributed by atoms with Gasteiger partial charge in [0.25, 0.3) is 0 Å². The molecule has 2 N–H and O–H groups in total. The minimum Gasteiger partial charge on any atom is -0.466 e. The molecular weight excluding hydrogens is 218 g/mol. The summed E-state index contributed by atoms with van der Waals surface area (Å²) in [5.41, 5.74) is 5.64. The van der Waals surface area contributed by atoms with Crippen molar-refractivity contribution in [2.45, 2.75) is 40.0 Å². The van der Waals surface area contributed by atoms with Crippen molar-refractivity contribution in [2.24, 2.45) is 17.6 Å². The van der Waals surface area contributed by atoms with Crippen molar-refractivity contribution in [3.8, 4) is 0 Å². The summed E-state index contributed by atoms with van der Waals surface area (Å²) in [6.45, 7) is 8.56. The zero-order valence-electron chi connectivity index (χ0n) is 11.4. The average molecular weight is 245 g/mol. The molecule has 0 heterocycles. The Kier molecular flexibility index (Phi) is 10.2. The lowest BCUT2D eigenvalue weighted by molar-refractivity contribution is -0.145. The summed E-state index contributed by atoms with van der Waals surface area (Å²) < 4.78 is 10.3. The van der Waals surface area contributed by atoms with Gasteiger partial charge in [-0.15, -0.1) is 0 Å². The van der Waals surface area contributed by atoms with Crippen LogP contribution >= 0.6 is 0 Å². The summed E-state index contributed by atoms with van der Waals surface area (Å²) in [6, 6.07) is 0. The van der Waals surface area contributed by atoms with E-state index < -0.39 is 0 Å². The molecule has 0 saturated heterocycles. The van der Waals surface area contributed by atoms with Crippen molar-refractivity contribution in [2.75, 3.05) is 26.4 Å². The van der Waals surface area contributed by atoms with Crippen LogP contribution in [0, 0.1) is 11.8 Å². The molecule has 0 saturated carbocycles. The maximum absolute atomic E-state index is 11.5. The molecule has 4 heteroatoms. The summed E-state index contributed by atoms with van der Waals surface area (Å²) in [7, 11) is 0. The Bertz CT molecular complexity index is 195. The van der Waals surface area contributed by atoms with Crippen LogP contribution in [-0.2, 0) is 14.3 Å². The Hall–Kier alpha value is -0.610. The normalized spacial score (nSPS) is 12.8. The highest BCUT2D eigenvalue weighted by Crippen LogP contribution is 2.14. The molecule has 0 fully saturated rings. The molecular formula is C13H27NO3. The zero-order valence-corrected chi connectivity index (χ0v) is 11.4. The van der Waals surface area contributed by atoms with Crippen LogP contribution in [0.3, 0.4) is 0 Å². The van der Waals surface area contributed by atoms with Crippen LogP contribution in [-0.4, -0.2) is 32.3 Å². The van der Waals surface area contributed by atoms with E-state index in [9.17, 15) is 4.79 Å². The smallest absolute Gasteiger partial charge is 0.306 e. The van der Waals surface area contributed by atoms with Crippen LogP contribution in [0.15, 0.2) is 0 Å². The highest BCUT2D eigenvalue weighted by Gasteiger charge is 2.14. The number of esters is 1. The highest BCUT2D eigenvalue weighted by molar-refractivity contribution is 5.69. The van der Waals surface area contributed by atoms with E-state index in [1.807, 2.05) is 6.92 Å². The molecule has 17 heavy (non-hydrogen) atoms. The Labute approximate surface area is 105 Å². The van der Waals surface area contributed by atoms with Crippen molar-refractivity contribution in [3.63, 3.8) is 0 Å². The van der Waals surface area contributed by atoms with E-state index >= 15 is 0 Å². The Morgan fingerprint density at radius 3 is 2.53 bits per heavy atom. The highest BCUT2D eigenvalue weighted by atomic mass is 16.5. The van der Waals surface area contributed by atoms with Gasteiger partial charge in [0, 0.05) is 26.1 Å². The van der Waals surface area contributed by atoms with Gasteiger partial charge in [0.1, 0.15) is 0 Å². The lowest BCUT2D eigenvalue weighted by Gasteiger charge is -2.16. The third-order valence-corrected chi connectivity index (χ3v) is 2.49. The molecule has 0 aromatic heterocycles. The molecule has 0 amide bonds. The molecule has 0 aromatic rings. The summed E-state index contributed by atoms with van der Waals surface area (Å²) in [5, 5.41) is 0. The Morgan fingerprint density at radius 1 is 1.29 bits per heavy atom. The average Bonchev–Trinajstić information content (AvgIpc) is 2.27. The molecule has 0 aliphatic carbocycles. The van der Waals surface area contributed by atoms with E-state index in [-0.39, 0.29) is 11.9 Å². The lowest BCUT2D eigenvalue weighted by Crippen LogP contribution is -2.21. The molecule has 0 unspecified atom stereocenters. The van der Waals surface area contributed by atoms with E-state index in [2.05, 4.69) is 13.8 Å². The summed E-state index contributed by atoms with van der Waals surface area (Å²) in [6.07, 6.45) is 2.17. The fourth-order valence-corrected chi connectivity index (χ4v) is 1.72. The fourth-order valence-electron chi connectivity index (χ4n) is 1.72. The number of ether oxygens (including phenoxy) is 2. The van der Waals surface area contributed by atoms with Gasteiger partial charge in [-0.3, -0.25) is 4.79 Å². The van der Waals surface area contributed by atoms with Gasteiger partial charge in [0.2, 0.25) is 0 Å².